The lowest BCUT2D eigenvalue weighted by molar-refractivity contribution is 0.687. The Bertz CT molecular complexity index is 373. The average Bonchev–Trinajstić information content (AvgIpc) is 2.18. The number of aromatic nitrogens is 1. The van der Waals surface area contributed by atoms with Crippen LogP contribution in [0.4, 0.5) is 5.82 Å². The second kappa shape index (κ2) is 5.35. The van der Waals surface area contributed by atoms with Crippen LogP contribution in [0.3, 0.4) is 0 Å². The van der Waals surface area contributed by atoms with E-state index in [0.29, 0.717) is 23.8 Å². The quantitative estimate of drug-likeness (QED) is 0.794. The Labute approximate surface area is 85.4 Å². The highest BCUT2D eigenvalue weighted by Crippen LogP contribution is 2.02. The van der Waals surface area contributed by atoms with E-state index in [9.17, 15) is 4.21 Å². The second-order valence-corrected chi connectivity index (χ2v) is 4.28. The van der Waals surface area contributed by atoms with Gasteiger partial charge in [-0.2, -0.15) is 5.26 Å². The molecule has 0 aliphatic rings. The fourth-order valence-electron chi connectivity index (χ4n) is 0.918. The lowest BCUT2D eigenvalue weighted by Gasteiger charge is -2.03. The topological polar surface area (TPSA) is 65.8 Å². The molecule has 0 amide bonds. The summed E-state index contributed by atoms with van der Waals surface area (Å²) in [5.41, 5.74) is 0.382. The fourth-order valence-corrected chi connectivity index (χ4v) is 1.31. The van der Waals surface area contributed by atoms with Gasteiger partial charge in [-0.1, -0.05) is 6.07 Å². The number of nitrogens with one attached hydrogen (secondary N) is 1. The van der Waals surface area contributed by atoms with Crippen LogP contribution < -0.4 is 5.32 Å². The third kappa shape index (κ3) is 3.54. The lowest BCUT2D eigenvalue weighted by Crippen LogP contribution is -2.10. The molecule has 0 saturated carbocycles. The number of nitrogens with zero attached hydrogens (tertiary/aromatic N) is 2. The molecule has 74 valence electrons. The van der Waals surface area contributed by atoms with Gasteiger partial charge in [0.05, 0.1) is 0 Å². The van der Waals surface area contributed by atoms with E-state index in [-0.39, 0.29) is 0 Å². The fraction of sp³-hybridized carbons (Fsp3) is 0.333. The van der Waals surface area contributed by atoms with Crippen molar-refractivity contribution < 1.29 is 4.21 Å². The van der Waals surface area contributed by atoms with Crippen LogP contribution in [0.1, 0.15) is 5.69 Å². The van der Waals surface area contributed by atoms with Crippen molar-refractivity contribution >= 4 is 16.6 Å². The summed E-state index contributed by atoms with van der Waals surface area (Å²) >= 11 is 0. The first-order valence-electron chi connectivity index (χ1n) is 4.13. The molecule has 0 aromatic carbocycles. The van der Waals surface area contributed by atoms with Gasteiger partial charge in [0.1, 0.15) is 17.6 Å². The minimum atomic E-state index is -0.802. The molecule has 1 rings (SSSR count). The zero-order valence-corrected chi connectivity index (χ0v) is 8.67. The van der Waals surface area contributed by atoms with E-state index in [4.69, 9.17) is 5.26 Å². The largest absolute Gasteiger partial charge is 0.369 e. The van der Waals surface area contributed by atoms with Crippen molar-refractivity contribution in [3.05, 3.63) is 23.9 Å². The Morgan fingerprint density at radius 2 is 2.43 bits per heavy atom. The van der Waals surface area contributed by atoms with E-state index in [1.807, 2.05) is 6.07 Å². The predicted octanol–water partition coefficient (Wildman–Crippen LogP) is 0.744. The van der Waals surface area contributed by atoms with E-state index in [2.05, 4.69) is 10.3 Å². The first kappa shape index (κ1) is 10.7. The van der Waals surface area contributed by atoms with Gasteiger partial charge >= 0.3 is 0 Å². The van der Waals surface area contributed by atoms with Crippen LogP contribution in [0.25, 0.3) is 0 Å². The van der Waals surface area contributed by atoms with Crippen LogP contribution in [-0.2, 0) is 10.8 Å². The number of hydrogen-bond acceptors (Lipinski definition) is 4. The highest BCUT2D eigenvalue weighted by molar-refractivity contribution is 7.84. The van der Waals surface area contributed by atoms with Crippen molar-refractivity contribution in [1.29, 1.82) is 5.26 Å². The number of pyridine rings is 1. The highest BCUT2D eigenvalue weighted by Gasteiger charge is 1.96. The molecule has 4 nitrogen and oxygen atoms in total. The van der Waals surface area contributed by atoms with Gasteiger partial charge in [0, 0.05) is 29.4 Å². The monoisotopic (exact) mass is 209 g/mol. The maximum atomic E-state index is 10.8. The first-order valence-corrected chi connectivity index (χ1v) is 5.86. The third-order valence-electron chi connectivity index (χ3n) is 1.56. The van der Waals surface area contributed by atoms with Crippen molar-refractivity contribution in [1.82, 2.24) is 4.98 Å². The van der Waals surface area contributed by atoms with Crippen LogP contribution in [0.15, 0.2) is 18.2 Å². The maximum Gasteiger partial charge on any atom is 0.142 e. The number of nitriles is 1. The van der Waals surface area contributed by atoms with E-state index in [0.717, 1.165) is 0 Å². The van der Waals surface area contributed by atoms with Gasteiger partial charge in [0.2, 0.25) is 0 Å². The highest BCUT2D eigenvalue weighted by atomic mass is 32.2. The van der Waals surface area contributed by atoms with E-state index >= 15 is 0 Å². The Morgan fingerprint density at radius 3 is 3.07 bits per heavy atom. The van der Waals surface area contributed by atoms with Gasteiger partial charge in [-0.3, -0.25) is 4.21 Å². The molecule has 0 spiro atoms. The lowest BCUT2D eigenvalue weighted by atomic mass is 10.3. The van der Waals surface area contributed by atoms with Crippen LogP contribution in [0.5, 0.6) is 0 Å². The maximum absolute atomic E-state index is 10.8. The minimum Gasteiger partial charge on any atom is -0.369 e. The van der Waals surface area contributed by atoms with Crippen LogP contribution >= 0.6 is 0 Å². The molecule has 1 unspecified atom stereocenters. The Kier molecular flexibility index (Phi) is 4.08. The molecule has 1 heterocycles. The summed E-state index contributed by atoms with van der Waals surface area (Å²) in [4.78, 5) is 4.02. The molecule has 1 atom stereocenters. The zero-order valence-electron chi connectivity index (χ0n) is 7.86. The third-order valence-corrected chi connectivity index (χ3v) is 2.34. The molecule has 0 aliphatic carbocycles. The van der Waals surface area contributed by atoms with Gasteiger partial charge < -0.3 is 5.32 Å². The first-order chi connectivity index (χ1) is 6.72. The molecule has 0 aliphatic heterocycles. The summed E-state index contributed by atoms with van der Waals surface area (Å²) in [5, 5.41) is 11.6. The molecule has 0 fully saturated rings. The van der Waals surface area contributed by atoms with Gasteiger partial charge in [0.25, 0.3) is 0 Å². The predicted molar refractivity (Wildman–Crippen MR) is 56.4 cm³/mol. The van der Waals surface area contributed by atoms with E-state index in [1.54, 1.807) is 24.5 Å². The summed E-state index contributed by atoms with van der Waals surface area (Å²) in [7, 11) is -0.802. The van der Waals surface area contributed by atoms with Crippen LogP contribution in [-0.4, -0.2) is 27.7 Å². The Hall–Kier alpha value is -1.41. The molecule has 5 heteroatoms. The van der Waals surface area contributed by atoms with Crippen LogP contribution in [0, 0.1) is 11.3 Å². The van der Waals surface area contributed by atoms with Gasteiger partial charge in [-0.05, 0) is 12.1 Å². The summed E-state index contributed by atoms with van der Waals surface area (Å²) in [6, 6.07) is 7.14. The molecular weight excluding hydrogens is 198 g/mol. The zero-order chi connectivity index (χ0) is 10.4. The SMILES string of the molecule is CS(=O)CCNc1cccc(C#N)n1. The number of rotatable bonds is 4. The summed E-state index contributed by atoms with van der Waals surface area (Å²) in [6.07, 6.45) is 1.65. The normalized spacial score (nSPS) is 11.7. The summed E-state index contributed by atoms with van der Waals surface area (Å²) in [6.45, 7) is 0.602. The Balaban J connectivity index is 2.51. The minimum absolute atomic E-state index is 0.382. The number of anilines is 1. The van der Waals surface area contributed by atoms with Gasteiger partial charge in [-0.25, -0.2) is 4.98 Å². The molecule has 1 N–H and O–H groups in total. The summed E-state index contributed by atoms with van der Waals surface area (Å²) < 4.78 is 10.8. The molecule has 14 heavy (non-hydrogen) atoms. The van der Waals surface area contributed by atoms with Crippen molar-refractivity contribution in [2.75, 3.05) is 23.9 Å². The molecular formula is C9H11N3OS. The summed E-state index contributed by atoms with van der Waals surface area (Å²) in [5.74, 6) is 1.23. The smallest absolute Gasteiger partial charge is 0.142 e. The molecule has 0 saturated heterocycles. The molecule has 1 aromatic rings. The van der Waals surface area contributed by atoms with E-state index < -0.39 is 10.8 Å². The van der Waals surface area contributed by atoms with Gasteiger partial charge in [-0.15, -0.1) is 0 Å². The van der Waals surface area contributed by atoms with Crippen LogP contribution in [0.2, 0.25) is 0 Å². The standard InChI is InChI=1S/C9H11N3OS/c1-14(13)6-5-11-9-4-2-3-8(7-10)12-9/h2-4H,5-6H2,1H3,(H,11,12). The van der Waals surface area contributed by atoms with Crippen molar-refractivity contribution in [3.8, 4) is 6.07 Å². The molecule has 0 bridgehead atoms. The van der Waals surface area contributed by atoms with E-state index in [1.165, 1.54) is 0 Å². The average molecular weight is 209 g/mol. The molecule has 0 radical (unpaired) electrons. The van der Waals surface area contributed by atoms with Gasteiger partial charge in [0.15, 0.2) is 0 Å². The van der Waals surface area contributed by atoms with Crippen molar-refractivity contribution in [2.24, 2.45) is 0 Å². The Morgan fingerprint density at radius 1 is 1.64 bits per heavy atom. The number of hydrogen-bond donors (Lipinski definition) is 1. The molecule has 1 aromatic heterocycles. The van der Waals surface area contributed by atoms with Crippen molar-refractivity contribution in [2.45, 2.75) is 0 Å². The van der Waals surface area contributed by atoms with Crippen molar-refractivity contribution in [3.63, 3.8) is 0 Å². The second-order valence-electron chi connectivity index (χ2n) is 2.72.